The Morgan fingerprint density at radius 1 is 1.10 bits per heavy atom. The van der Waals surface area contributed by atoms with E-state index in [-0.39, 0.29) is 11.8 Å². The maximum Gasteiger partial charge on any atom is 0.306 e. The summed E-state index contributed by atoms with van der Waals surface area (Å²) in [5.41, 5.74) is -0.675. The van der Waals surface area contributed by atoms with Crippen LogP contribution in [0.25, 0.3) is 0 Å². The molecule has 0 unspecified atom stereocenters. The summed E-state index contributed by atoms with van der Waals surface area (Å²) in [5, 5.41) is 8.98. The third-order valence-corrected chi connectivity index (χ3v) is 4.12. The first-order chi connectivity index (χ1) is 9.23. The van der Waals surface area contributed by atoms with E-state index in [1.54, 1.807) is 4.90 Å². The van der Waals surface area contributed by atoms with E-state index in [0.717, 1.165) is 0 Å². The van der Waals surface area contributed by atoms with Gasteiger partial charge in [0, 0.05) is 13.1 Å². The van der Waals surface area contributed by atoms with Crippen molar-refractivity contribution in [3.63, 3.8) is 0 Å². The number of hydrogen-bond acceptors (Lipinski definition) is 4. The molecular formula is C14H23NO5. The molecule has 1 amide bonds. The lowest BCUT2D eigenvalue weighted by molar-refractivity contribution is -0.279. The van der Waals surface area contributed by atoms with Crippen LogP contribution in [0, 0.1) is 11.3 Å². The monoisotopic (exact) mass is 285 g/mol. The molecule has 6 nitrogen and oxygen atoms in total. The molecule has 0 atom stereocenters. The SMILES string of the molecule is CC1(C)OCC(C)(C(=O)N2CCC(C(=O)O)CC2)CO1. The summed E-state index contributed by atoms with van der Waals surface area (Å²) in [4.78, 5) is 25.2. The number of rotatable bonds is 2. The number of carbonyl (C=O) groups excluding carboxylic acids is 1. The van der Waals surface area contributed by atoms with Gasteiger partial charge in [0.1, 0.15) is 0 Å². The van der Waals surface area contributed by atoms with Crippen LogP contribution in [-0.4, -0.2) is 54.0 Å². The Hall–Kier alpha value is -1.14. The number of nitrogens with zero attached hydrogens (tertiary/aromatic N) is 1. The van der Waals surface area contributed by atoms with E-state index in [0.29, 0.717) is 39.1 Å². The minimum absolute atomic E-state index is 0.00293. The van der Waals surface area contributed by atoms with Gasteiger partial charge in [-0.05, 0) is 33.6 Å². The minimum atomic E-state index is -0.769. The average Bonchev–Trinajstić information content (AvgIpc) is 2.42. The van der Waals surface area contributed by atoms with Gasteiger partial charge in [0.05, 0.1) is 24.5 Å². The number of carboxylic acids is 1. The fourth-order valence-electron chi connectivity index (χ4n) is 2.58. The second kappa shape index (κ2) is 5.33. The van der Waals surface area contributed by atoms with Gasteiger partial charge in [0.15, 0.2) is 5.79 Å². The maximum atomic E-state index is 12.6. The van der Waals surface area contributed by atoms with Crippen LogP contribution in [0.4, 0.5) is 0 Å². The molecule has 0 spiro atoms. The Bertz CT molecular complexity index is 388. The van der Waals surface area contributed by atoms with Crippen LogP contribution in [0.1, 0.15) is 33.6 Å². The third kappa shape index (κ3) is 3.12. The smallest absolute Gasteiger partial charge is 0.306 e. The highest BCUT2D eigenvalue weighted by molar-refractivity contribution is 5.83. The number of carboxylic acid groups (broad SMARTS) is 1. The Kier molecular flexibility index (Phi) is 4.07. The van der Waals surface area contributed by atoms with Crippen LogP contribution in [0.2, 0.25) is 0 Å². The number of aliphatic carboxylic acids is 1. The van der Waals surface area contributed by atoms with Crippen molar-refractivity contribution in [1.82, 2.24) is 4.90 Å². The van der Waals surface area contributed by atoms with Gasteiger partial charge >= 0.3 is 5.97 Å². The Morgan fingerprint density at radius 3 is 2.05 bits per heavy atom. The van der Waals surface area contributed by atoms with Crippen LogP contribution < -0.4 is 0 Å². The van der Waals surface area contributed by atoms with Crippen molar-refractivity contribution in [2.45, 2.75) is 39.4 Å². The van der Waals surface area contributed by atoms with Crippen LogP contribution in [0.3, 0.4) is 0 Å². The summed E-state index contributed by atoms with van der Waals surface area (Å²) in [6, 6.07) is 0. The average molecular weight is 285 g/mol. The zero-order chi connectivity index (χ0) is 15.0. The fraction of sp³-hybridized carbons (Fsp3) is 0.857. The predicted molar refractivity (Wildman–Crippen MR) is 71.0 cm³/mol. The Labute approximate surface area is 119 Å². The number of ether oxygens (including phenoxy) is 2. The highest BCUT2D eigenvalue weighted by atomic mass is 16.7. The molecular weight excluding hydrogens is 262 g/mol. The predicted octanol–water partition coefficient (Wildman–Crippen LogP) is 1.10. The van der Waals surface area contributed by atoms with E-state index >= 15 is 0 Å². The molecule has 0 bridgehead atoms. The molecule has 2 aliphatic rings. The van der Waals surface area contributed by atoms with Gasteiger partial charge in [-0.3, -0.25) is 9.59 Å². The quantitative estimate of drug-likeness (QED) is 0.822. The van der Waals surface area contributed by atoms with Crippen molar-refractivity contribution in [1.29, 1.82) is 0 Å². The highest BCUT2D eigenvalue weighted by Gasteiger charge is 2.44. The molecule has 114 valence electrons. The molecule has 0 aromatic carbocycles. The molecule has 6 heteroatoms. The van der Waals surface area contributed by atoms with E-state index in [1.165, 1.54) is 0 Å². The van der Waals surface area contributed by atoms with Crippen molar-refractivity contribution in [2.24, 2.45) is 11.3 Å². The van der Waals surface area contributed by atoms with E-state index in [4.69, 9.17) is 14.6 Å². The van der Waals surface area contributed by atoms with Crippen LogP contribution >= 0.6 is 0 Å². The fourth-order valence-corrected chi connectivity index (χ4v) is 2.58. The third-order valence-electron chi connectivity index (χ3n) is 4.12. The van der Waals surface area contributed by atoms with Gasteiger partial charge in [0.25, 0.3) is 0 Å². The molecule has 0 radical (unpaired) electrons. The second-order valence-corrected chi connectivity index (χ2v) is 6.44. The van der Waals surface area contributed by atoms with Crippen molar-refractivity contribution in [3.05, 3.63) is 0 Å². The number of likely N-dealkylation sites (tertiary alicyclic amines) is 1. The molecule has 0 saturated carbocycles. The van der Waals surface area contributed by atoms with Crippen molar-refractivity contribution >= 4 is 11.9 Å². The molecule has 0 aromatic rings. The lowest BCUT2D eigenvalue weighted by Crippen LogP contribution is -2.55. The van der Waals surface area contributed by atoms with E-state index < -0.39 is 17.2 Å². The summed E-state index contributed by atoms with van der Waals surface area (Å²) in [6.45, 7) is 7.15. The zero-order valence-electron chi connectivity index (χ0n) is 12.3. The summed E-state index contributed by atoms with van der Waals surface area (Å²) in [6.07, 6.45) is 1.04. The second-order valence-electron chi connectivity index (χ2n) is 6.44. The number of amides is 1. The number of carbonyl (C=O) groups is 2. The molecule has 0 aliphatic carbocycles. The molecule has 20 heavy (non-hydrogen) atoms. The molecule has 1 N–H and O–H groups in total. The van der Waals surface area contributed by atoms with Crippen molar-refractivity contribution in [3.8, 4) is 0 Å². The standard InChI is InChI=1S/C14H23NO5/c1-13(2)19-8-14(3,9-20-13)12(18)15-6-4-10(5-7-15)11(16)17/h10H,4-9H2,1-3H3,(H,16,17). The van der Waals surface area contributed by atoms with E-state index in [1.807, 2.05) is 20.8 Å². The molecule has 2 rings (SSSR count). The highest BCUT2D eigenvalue weighted by Crippen LogP contribution is 2.32. The van der Waals surface area contributed by atoms with Crippen LogP contribution in [0.15, 0.2) is 0 Å². The summed E-state index contributed by atoms with van der Waals surface area (Å²) in [7, 11) is 0. The topological polar surface area (TPSA) is 76.1 Å². The van der Waals surface area contributed by atoms with E-state index in [2.05, 4.69) is 0 Å². The van der Waals surface area contributed by atoms with Gasteiger partial charge in [-0.1, -0.05) is 0 Å². The van der Waals surface area contributed by atoms with Crippen LogP contribution in [-0.2, 0) is 19.1 Å². The Morgan fingerprint density at radius 2 is 1.60 bits per heavy atom. The number of hydrogen-bond donors (Lipinski definition) is 1. The minimum Gasteiger partial charge on any atom is -0.481 e. The molecule has 2 saturated heterocycles. The first-order valence-corrected chi connectivity index (χ1v) is 7.04. The normalized spacial score (nSPS) is 26.2. The lowest BCUT2D eigenvalue weighted by atomic mass is 9.87. The zero-order valence-corrected chi connectivity index (χ0v) is 12.3. The number of piperidine rings is 1. The van der Waals surface area contributed by atoms with Crippen molar-refractivity contribution < 1.29 is 24.2 Å². The largest absolute Gasteiger partial charge is 0.481 e. The maximum absolute atomic E-state index is 12.6. The molecule has 2 heterocycles. The van der Waals surface area contributed by atoms with Gasteiger partial charge < -0.3 is 19.5 Å². The summed E-state index contributed by atoms with van der Waals surface area (Å²) < 4.78 is 11.2. The van der Waals surface area contributed by atoms with Crippen LogP contribution in [0.5, 0.6) is 0 Å². The first kappa shape index (κ1) is 15.3. The summed E-state index contributed by atoms with van der Waals surface area (Å²) in [5.74, 6) is -1.74. The van der Waals surface area contributed by atoms with Gasteiger partial charge in [0.2, 0.25) is 5.91 Å². The molecule has 0 aromatic heterocycles. The van der Waals surface area contributed by atoms with Crippen molar-refractivity contribution in [2.75, 3.05) is 26.3 Å². The summed E-state index contributed by atoms with van der Waals surface area (Å²) >= 11 is 0. The molecule has 2 aliphatic heterocycles. The Balaban J connectivity index is 1.94. The van der Waals surface area contributed by atoms with E-state index in [9.17, 15) is 9.59 Å². The lowest BCUT2D eigenvalue weighted by Gasteiger charge is -2.43. The molecule has 2 fully saturated rings. The van der Waals surface area contributed by atoms with Gasteiger partial charge in [-0.15, -0.1) is 0 Å². The first-order valence-electron chi connectivity index (χ1n) is 7.04. The van der Waals surface area contributed by atoms with Gasteiger partial charge in [-0.25, -0.2) is 0 Å². The van der Waals surface area contributed by atoms with Gasteiger partial charge in [-0.2, -0.15) is 0 Å².